The summed E-state index contributed by atoms with van der Waals surface area (Å²) < 4.78 is 15.3. The molecule has 0 saturated carbocycles. The van der Waals surface area contributed by atoms with Gasteiger partial charge >= 0.3 is 0 Å². The second-order valence-corrected chi connectivity index (χ2v) is 11.7. The molecule has 6 rings (SSSR count). The molecule has 10 nitrogen and oxygen atoms in total. The fourth-order valence-electron chi connectivity index (χ4n) is 4.44. The smallest absolute Gasteiger partial charge is 0.174 e. The predicted molar refractivity (Wildman–Crippen MR) is 175 cm³/mol. The average molecular weight is 631 g/mol. The topological polar surface area (TPSA) is 119 Å². The Morgan fingerprint density at radius 1 is 0.636 bits per heavy atom. The summed E-state index contributed by atoms with van der Waals surface area (Å²) in [6, 6.07) is 14.4. The lowest BCUT2D eigenvalue weighted by molar-refractivity contribution is 0.288. The van der Waals surface area contributed by atoms with Crippen LogP contribution in [-0.2, 0) is 0 Å². The van der Waals surface area contributed by atoms with Crippen LogP contribution in [0.2, 0.25) is 0 Å². The maximum Gasteiger partial charge on any atom is 0.174 e. The van der Waals surface area contributed by atoms with Crippen LogP contribution in [0.3, 0.4) is 0 Å². The van der Waals surface area contributed by atoms with E-state index in [1.165, 1.54) is 12.1 Å². The lowest BCUT2D eigenvalue weighted by Gasteiger charge is -2.13. The first kappa shape index (κ1) is 31.0. The van der Waals surface area contributed by atoms with Gasteiger partial charge in [0.15, 0.2) is 33.3 Å². The number of aromatic hydroxyl groups is 2. The molecule has 0 amide bonds. The zero-order valence-corrected chi connectivity index (χ0v) is 26.6. The molecule has 12 heteroatoms. The molecule has 2 N–H and O–H groups in total. The molecule has 0 fully saturated rings. The molecule has 6 aromatic rings. The lowest BCUT2D eigenvalue weighted by atomic mass is 10.1. The molecule has 4 aromatic heterocycles. The Balaban J connectivity index is 0.000000177. The molecule has 228 valence electrons. The van der Waals surface area contributed by atoms with Crippen molar-refractivity contribution < 1.29 is 19.7 Å². The van der Waals surface area contributed by atoms with Gasteiger partial charge in [0, 0.05) is 48.0 Å². The van der Waals surface area contributed by atoms with Crippen LogP contribution in [0.15, 0.2) is 83.6 Å². The van der Waals surface area contributed by atoms with Crippen LogP contribution in [0.1, 0.15) is 27.7 Å². The number of aromatic nitrogens is 6. The van der Waals surface area contributed by atoms with Crippen molar-refractivity contribution in [2.24, 2.45) is 0 Å². The van der Waals surface area contributed by atoms with E-state index in [1.54, 1.807) is 42.0 Å². The van der Waals surface area contributed by atoms with Crippen LogP contribution in [0.5, 0.6) is 23.0 Å². The van der Waals surface area contributed by atoms with E-state index in [4.69, 9.17) is 14.5 Å². The van der Waals surface area contributed by atoms with E-state index < -0.39 is 0 Å². The van der Waals surface area contributed by atoms with Crippen LogP contribution >= 0.6 is 23.5 Å². The minimum Gasteiger partial charge on any atom is -0.504 e. The number of fused-ring (bicyclic) bond motifs is 2. The van der Waals surface area contributed by atoms with E-state index in [0.717, 1.165) is 67.1 Å². The Bertz CT molecular complexity index is 1870. The van der Waals surface area contributed by atoms with Gasteiger partial charge in [-0.05, 0) is 61.8 Å². The standard InChI is InChI=1S/C18H21N3O2S.C14H13N3O2S/c1-4-22-15-8-7-13(11-16(15)23-5-2)14-12-17-19-9-10-21(17)18(20-14)24-6-3;1-2-20-14-16-10(8-13-15-5-6-17(13)14)9-3-4-11(18)12(19)7-9/h7-12H,4-6H2,1-3H3;3-8,18-19H,2H2,1H3. The number of benzene rings is 2. The first-order chi connectivity index (χ1) is 21.4. The van der Waals surface area contributed by atoms with Crippen molar-refractivity contribution in [1.82, 2.24) is 28.7 Å². The predicted octanol–water partition coefficient (Wildman–Crippen LogP) is 7.23. The molecule has 0 aliphatic heterocycles. The molecule has 0 spiro atoms. The minimum absolute atomic E-state index is 0.140. The number of thioether (sulfide) groups is 2. The number of hydrogen-bond acceptors (Lipinski definition) is 10. The summed E-state index contributed by atoms with van der Waals surface area (Å²) in [6.07, 6.45) is 7.34. The highest BCUT2D eigenvalue weighted by molar-refractivity contribution is 7.99. The average Bonchev–Trinajstić information content (AvgIpc) is 3.70. The SMILES string of the molecule is CCOc1ccc(-c2cc3nccn3c(SCC)n2)cc1OCC.CCSc1nc(-c2ccc(O)c(O)c2)cc2nccn12. The lowest BCUT2D eigenvalue weighted by Crippen LogP contribution is -2.00. The quantitative estimate of drug-likeness (QED) is 0.0912. The molecular weight excluding hydrogens is 597 g/mol. The van der Waals surface area contributed by atoms with E-state index in [9.17, 15) is 10.2 Å². The Morgan fingerprint density at radius 3 is 1.68 bits per heavy atom. The fraction of sp³-hybridized carbons (Fsp3) is 0.250. The Hall–Kier alpha value is -4.42. The number of phenols is 2. The molecule has 0 radical (unpaired) electrons. The molecule has 0 unspecified atom stereocenters. The van der Waals surface area contributed by atoms with Crippen LogP contribution in [0, 0.1) is 0 Å². The van der Waals surface area contributed by atoms with Crippen LogP contribution in [0.25, 0.3) is 33.8 Å². The van der Waals surface area contributed by atoms with Crippen LogP contribution in [0.4, 0.5) is 0 Å². The van der Waals surface area contributed by atoms with Gasteiger partial charge in [0.05, 0.1) is 24.6 Å². The van der Waals surface area contributed by atoms with Gasteiger partial charge in [0.25, 0.3) is 0 Å². The van der Waals surface area contributed by atoms with Crippen molar-refractivity contribution >= 4 is 34.8 Å². The first-order valence-electron chi connectivity index (χ1n) is 14.3. The molecule has 0 aliphatic carbocycles. The number of hydrogen-bond donors (Lipinski definition) is 2. The summed E-state index contributed by atoms with van der Waals surface area (Å²) >= 11 is 3.33. The Labute approximate surface area is 264 Å². The van der Waals surface area contributed by atoms with E-state index in [2.05, 4.69) is 28.8 Å². The second kappa shape index (κ2) is 14.4. The van der Waals surface area contributed by atoms with E-state index in [-0.39, 0.29) is 11.5 Å². The zero-order valence-electron chi connectivity index (χ0n) is 25.0. The normalized spacial score (nSPS) is 11.0. The number of nitrogens with zero attached hydrogens (tertiary/aromatic N) is 6. The highest BCUT2D eigenvalue weighted by Crippen LogP contribution is 2.34. The summed E-state index contributed by atoms with van der Waals surface area (Å²) in [6.45, 7) is 9.31. The number of rotatable bonds is 10. The third-order valence-electron chi connectivity index (χ3n) is 6.37. The summed E-state index contributed by atoms with van der Waals surface area (Å²) in [4.78, 5) is 18.1. The maximum absolute atomic E-state index is 9.60. The van der Waals surface area contributed by atoms with E-state index >= 15 is 0 Å². The van der Waals surface area contributed by atoms with Crippen LogP contribution < -0.4 is 9.47 Å². The Kier molecular flexibility index (Phi) is 10.1. The van der Waals surface area contributed by atoms with Gasteiger partial charge < -0.3 is 19.7 Å². The van der Waals surface area contributed by atoms with Crippen LogP contribution in [-0.4, -0.2) is 63.7 Å². The summed E-state index contributed by atoms with van der Waals surface area (Å²) in [5.74, 6) is 3.07. The zero-order chi connectivity index (χ0) is 31.1. The van der Waals surface area contributed by atoms with E-state index in [1.807, 2.05) is 65.4 Å². The van der Waals surface area contributed by atoms with Crippen molar-refractivity contribution in [3.63, 3.8) is 0 Å². The van der Waals surface area contributed by atoms with Crippen molar-refractivity contribution in [3.05, 3.63) is 73.3 Å². The maximum atomic E-state index is 9.60. The highest BCUT2D eigenvalue weighted by atomic mass is 32.2. The summed E-state index contributed by atoms with van der Waals surface area (Å²) in [5, 5.41) is 20.8. The van der Waals surface area contributed by atoms with Gasteiger partial charge in [-0.2, -0.15) is 0 Å². The molecular formula is C32H34N6O4S2. The minimum atomic E-state index is -0.155. The van der Waals surface area contributed by atoms with Gasteiger partial charge in [-0.3, -0.25) is 8.80 Å². The Morgan fingerprint density at radius 2 is 1.16 bits per heavy atom. The van der Waals surface area contributed by atoms with Crippen molar-refractivity contribution in [3.8, 4) is 45.5 Å². The van der Waals surface area contributed by atoms with Gasteiger partial charge in [0.2, 0.25) is 0 Å². The summed E-state index contributed by atoms with van der Waals surface area (Å²) in [5.41, 5.74) is 5.03. The number of phenolic OH excluding ortho intramolecular Hbond substituents is 2. The van der Waals surface area contributed by atoms with Gasteiger partial charge in [-0.15, -0.1) is 0 Å². The van der Waals surface area contributed by atoms with E-state index in [0.29, 0.717) is 13.2 Å². The third kappa shape index (κ3) is 6.87. The van der Waals surface area contributed by atoms with Crippen molar-refractivity contribution in [1.29, 1.82) is 0 Å². The highest BCUT2D eigenvalue weighted by Gasteiger charge is 2.13. The molecule has 44 heavy (non-hydrogen) atoms. The molecule has 0 aliphatic rings. The van der Waals surface area contributed by atoms with Gasteiger partial charge in [-0.25, -0.2) is 19.9 Å². The fourth-order valence-corrected chi connectivity index (χ4v) is 5.87. The largest absolute Gasteiger partial charge is 0.504 e. The van der Waals surface area contributed by atoms with Gasteiger partial charge in [-0.1, -0.05) is 37.4 Å². The monoisotopic (exact) mass is 630 g/mol. The number of imidazole rings is 2. The van der Waals surface area contributed by atoms with Crippen molar-refractivity contribution in [2.75, 3.05) is 24.7 Å². The summed E-state index contributed by atoms with van der Waals surface area (Å²) in [7, 11) is 0. The van der Waals surface area contributed by atoms with Crippen molar-refractivity contribution in [2.45, 2.75) is 38.0 Å². The molecule has 4 heterocycles. The molecule has 0 saturated heterocycles. The van der Waals surface area contributed by atoms with Gasteiger partial charge in [0.1, 0.15) is 11.3 Å². The first-order valence-corrected chi connectivity index (χ1v) is 16.3. The molecule has 2 aromatic carbocycles. The number of ether oxygens (including phenoxy) is 2. The molecule has 0 bridgehead atoms. The molecule has 0 atom stereocenters. The second-order valence-electron chi connectivity index (χ2n) is 9.26. The third-order valence-corrected chi connectivity index (χ3v) is 8.04.